The maximum Gasteiger partial charge on any atom is 0 e. The fourth-order valence-corrected chi connectivity index (χ4v) is 3.66. The summed E-state index contributed by atoms with van der Waals surface area (Å²) in [5.41, 5.74) is -8.43. The fourth-order valence-electron chi connectivity index (χ4n) is 1.54. The first-order valence-electron chi connectivity index (χ1n) is 5.31. The third-order valence-corrected chi connectivity index (χ3v) is 5.71. The van der Waals surface area contributed by atoms with Crippen LogP contribution in [0.15, 0.2) is 0 Å². The number of hydrogen-bond donors (Lipinski definition) is 0. The van der Waals surface area contributed by atoms with Crippen LogP contribution in [0, 0.1) is 0 Å². The summed E-state index contributed by atoms with van der Waals surface area (Å²) in [6.45, 7) is 0. The van der Waals surface area contributed by atoms with Crippen LogP contribution in [0.3, 0.4) is 0 Å². The molecule has 21 heteroatoms. The molecule has 0 aliphatic heterocycles. The number of halogens is 18. The molecule has 0 atom stereocenters. The zero-order valence-electron chi connectivity index (χ0n) is 11.5. The maximum absolute atomic E-state index is 12.5. The monoisotopic (exact) mass is 537 g/mol. The average molecular weight is 538 g/mol. The molecule has 1 radical (unpaired) electrons. The third-order valence-electron chi connectivity index (χ3n) is 2.70. The van der Waals surface area contributed by atoms with Gasteiger partial charge in [0.25, 0.3) is 0 Å². The van der Waals surface area contributed by atoms with Gasteiger partial charge in [-0.3, -0.25) is 0 Å². The van der Waals surface area contributed by atoms with Gasteiger partial charge in [-0.15, -0.1) is 0 Å². The van der Waals surface area contributed by atoms with Gasteiger partial charge in [-0.1, -0.05) is 0 Å². The van der Waals surface area contributed by atoms with Crippen molar-refractivity contribution in [1.82, 2.24) is 0 Å². The molecule has 0 N–H and O–H groups in total. The molecular formula is C7HCuF18OP. The van der Waals surface area contributed by atoms with Crippen molar-refractivity contribution in [3.8, 4) is 0 Å². The van der Waals surface area contributed by atoms with Gasteiger partial charge in [0.05, 0.1) is 0 Å². The minimum absolute atomic E-state index is 0. The van der Waals surface area contributed by atoms with Crippen LogP contribution < -0.4 is 0 Å². The first-order valence-corrected chi connectivity index (χ1v) is 7.22. The fraction of sp³-hybridized carbons (Fsp3) is 1.00. The molecule has 0 fully saturated rings. The molecule has 0 aliphatic rings. The third kappa shape index (κ3) is 4.38. The van der Waals surface area contributed by atoms with Crippen molar-refractivity contribution in [2.45, 2.75) is 41.9 Å². The SMILES string of the molecule is FC(F)(F)C(O[PH](C(F)(F)F)(C(F)(F)F)C(F)(F)F)(C(F)(F)F)C(F)(F)F.[Cu]. The molecular weight excluding hydrogens is 537 g/mol. The van der Waals surface area contributed by atoms with Crippen molar-refractivity contribution >= 4 is 7.49 Å². The summed E-state index contributed by atoms with van der Waals surface area (Å²) in [7, 11) is -10.5. The second kappa shape index (κ2) is 7.41. The van der Waals surface area contributed by atoms with Crippen LogP contribution in [0.1, 0.15) is 0 Å². The normalized spacial score (nSPS) is 16.6. The van der Waals surface area contributed by atoms with E-state index in [2.05, 4.69) is 0 Å². The Morgan fingerprint density at radius 1 is 0.393 bits per heavy atom. The minimum Gasteiger partial charge on any atom is 0 e. The summed E-state index contributed by atoms with van der Waals surface area (Å²) in [5, 5.41) is 0. The molecule has 0 saturated carbocycles. The molecule has 0 saturated heterocycles. The van der Waals surface area contributed by atoms with E-state index in [1.165, 1.54) is 4.52 Å². The molecule has 0 aromatic carbocycles. The Labute approximate surface area is 151 Å². The van der Waals surface area contributed by atoms with E-state index in [9.17, 15) is 79.0 Å². The van der Waals surface area contributed by atoms with E-state index < -0.39 is 49.4 Å². The quantitative estimate of drug-likeness (QED) is 0.218. The van der Waals surface area contributed by atoms with Crippen molar-refractivity contribution in [3.63, 3.8) is 0 Å². The van der Waals surface area contributed by atoms with E-state index in [4.69, 9.17) is 0 Å². The van der Waals surface area contributed by atoms with Gasteiger partial charge in [-0.05, 0) is 0 Å². The summed E-state index contributed by atoms with van der Waals surface area (Å²) in [6.07, 6.45) is -24.7. The predicted molar refractivity (Wildman–Crippen MR) is 48.5 cm³/mol. The van der Waals surface area contributed by atoms with Crippen LogP contribution in [0.25, 0.3) is 0 Å². The summed E-state index contributed by atoms with van der Waals surface area (Å²) >= 11 is 0. The van der Waals surface area contributed by atoms with Gasteiger partial charge < -0.3 is 0 Å². The van der Waals surface area contributed by atoms with E-state index in [-0.39, 0.29) is 17.1 Å². The van der Waals surface area contributed by atoms with E-state index in [1.807, 2.05) is 0 Å². The van der Waals surface area contributed by atoms with Crippen LogP contribution in [-0.4, -0.2) is 41.9 Å². The largest absolute Gasteiger partial charge is 0 e. The smallest absolute Gasteiger partial charge is 0 e. The molecule has 0 amide bonds. The first kappa shape index (κ1) is 29.8. The second-order valence-corrected chi connectivity index (χ2v) is 7.72. The minimum atomic E-state index is -10.5. The number of alkyl halides is 18. The zero-order valence-corrected chi connectivity index (χ0v) is 13.5. The van der Waals surface area contributed by atoms with Crippen LogP contribution >= 0.6 is 7.49 Å². The predicted octanol–water partition coefficient (Wildman–Crippen LogP) is 6.65. The van der Waals surface area contributed by atoms with Crippen molar-refractivity contribution in [2.75, 3.05) is 0 Å². The van der Waals surface area contributed by atoms with Gasteiger partial charge in [-0.25, -0.2) is 0 Å². The molecule has 0 heterocycles. The van der Waals surface area contributed by atoms with Crippen LogP contribution in [0.4, 0.5) is 79.0 Å². The van der Waals surface area contributed by atoms with Gasteiger partial charge in [0.1, 0.15) is 0 Å². The van der Waals surface area contributed by atoms with Crippen LogP contribution in [-0.2, 0) is 21.6 Å². The molecule has 177 valence electrons. The van der Waals surface area contributed by atoms with E-state index in [1.54, 1.807) is 0 Å². The van der Waals surface area contributed by atoms with Gasteiger partial charge in [0.2, 0.25) is 0 Å². The first-order chi connectivity index (χ1) is 11.2. The molecule has 0 aromatic rings. The Morgan fingerprint density at radius 3 is 0.679 bits per heavy atom. The molecule has 28 heavy (non-hydrogen) atoms. The molecule has 0 bridgehead atoms. The number of rotatable bonds is 2. The van der Waals surface area contributed by atoms with Gasteiger partial charge in [-0.2, -0.15) is 0 Å². The molecule has 0 aliphatic carbocycles. The van der Waals surface area contributed by atoms with Gasteiger partial charge >= 0.3 is 133 Å². The molecule has 0 aromatic heterocycles. The van der Waals surface area contributed by atoms with Crippen LogP contribution in [0.5, 0.6) is 0 Å². The number of hydrogen-bond acceptors (Lipinski definition) is 1. The van der Waals surface area contributed by atoms with Crippen molar-refractivity contribution < 1.29 is 101 Å². The van der Waals surface area contributed by atoms with Crippen molar-refractivity contribution in [1.29, 1.82) is 0 Å². The second-order valence-electron chi connectivity index (χ2n) is 4.45. The zero-order chi connectivity index (χ0) is 22.7. The van der Waals surface area contributed by atoms with Gasteiger partial charge in [0, 0.05) is 17.1 Å². The summed E-state index contributed by atoms with van der Waals surface area (Å²) in [4.78, 5) is 0. The Morgan fingerprint density at radius 2 is 0.571 bits per heavy atom. The Bertz CT molecular complexity index is 409. The van der Waals surface area contributed by atoms with E-state index in [0.717, 1.165) is 0 Å². The Kier molecular flexibility index (Phi) is 7.90. The molecule has 1 nitrogen and oxygen atoms in total. The summed E-state index contributed by atoms with van der Waals surface area (Å²) in [5.74, 6) is -24.4. The topological polar surface area (TPSA) is 9.23 Å². The van der Waals surface area contributed by atoms with E-state index >= 15 is 0 Å². The van der Waals surface area contributed by atoms with Crippen molar-refractivity contribution in [3.05, 3.63) is 0 Å². The summed E-state index contributed by atoms with van der Waals surface area (Å²) in [6, 6.07) is 0. The molecule has 0 spiro atoms. The maximum atomic E-state index is 12.5. The van der Waals surface area contributed by atoms with Crippen molar-refractivity contribution in [2.24, 2.45) is 0 Å². The average Bonchev–Trinajstić information content (AvgIpc) is 2.16. The standard InChI is InChI=1S/C7HF18OP.Cu/c8-2(9,10)1(3(11,12)13,4(14,15)16)26-27(5(17,18)19,6(20,21)22)7(23,24)25;/h27H;. The summed E-state index contributed by atoms with van der Waals surface area (Å²) < 4.78 is 225. The van der Waals surface area contributed by atoms with Gasteiger partial charge in [0.15, 0.2) is 0 Å². The Balaban J connectivity index is 0. The van der Waals surface area contributed by atoms with Crippen LogP contribution in [0.2, 0.25) is 0 Å². The molecule has 0 unspecified atom stereocenters. The molecule has 0 rings (SSSR count). The Hall–Kier alpha value is -0.351. The van der Waals surface area contributed by atoms with E-state index in [0.29, 0.717) is 0 Å².